The molecule has 130 valence electrons. The Morgan fingerprint density at radius 3 is 1.64 bits per heavy atom. The minimum absolute atomic E-state index is 0.397. The summed E-state index contributed by atoms with van der Waals surface area (Å²) in [4.78, 5) is 0. The van der Waals surface area contributed by atoms with Gasteiger partial charge < -0.3 is 0 Å². The van der Waals surface area contributed by atoms with Crippen molar-refractivity contribution in [3.63, 3.8) is 0 Å². The Balaban J connectivity index is 2.85. The van der Waals surface area contributed by atoms with Crippen LogP contribution in [-0.4, -0.2) is 37.4 Å². The summed E-state index contributed by atoms with van der Waals surface area (Å²) in [6.07, 6.45) is 8.25. The Morgan fingerprint density at radius 1 is 0.864 bits per heavy atom. The molecule has 1 rings (SSSR count). The van der Waals surface area contributed by atoms with Gasteiger partial charge in [-0.3, -0.25) is 0 Å². The van der Waals surface area contributed by atoms with Gasteiger partial charge in [0.25, 0.3) is 0 Å². The van der Waals surface area contributed by atoms with E-state index in [4.69, 9.17) is 9.47 Å². The van der Waals surface area contributed by atoms with Crippen molar-refractivity contribution in [2.45, 2.75) is 92.2 Å². The molecule has 22 heavy (non-hydrogen) atoms. The van der Waals surface area contributed by atoms with E-state index >= 15 is 0 Å². The fraction of sp³-hybridized carbons (Fsp3) is 0.895. The first-order chi connectivity index (χ1) is 10.5. The minimum atomic E-state index is -2.17. The molecule has 1 fully saturated rings. The topological polar surface area (TPSA) is 18.5 Å². The number of unbranched alkanes of at least 4 members (excludes halogenated alkanes) is 3. The number of hydrogen-bond donors (Lipinski definition) is 0. The van der Waals surface area contributed by atoms with E-state index in [1.165, 1.54) is 57.4 Å². The quantitative estimate of drug-likeness (QED) is 0.401. The van der Waals surface area contributed by atoms with Crippen LogP contribution in [0.3, 0.4) is 0 Å². The van der Waals surface area contributed by atoms with Crippen LogP contribution in [0.25, 0.3) is 0 Å². The molecule has 0 aromatic rings. The van der Waals surface area contributed by atoms with Gasteiger partial charge in [0.2, 0.25) is 0 Å². The molecule has 0 bridgehead atoms. The van der Waals surface area contributed by atoms with Gasteiger partial charge in [-0.15, -0.1) is 0 Å². The fourth-order valence-corrected chi connectivity index (χ4v) is 18.7. The average Bonchev–Trinajstić information content (AvgIpc) is 2.50. The van der Waals surface area contributed by atoms with Crippen molar-refractivity contribution in [3.8, 4) is 0 Å². The molecule has 2 nitrogen and oxygen atoms in total. The molecule has 1 saturated heterocycles. The molecule has 0 N–H and O–H groups in total. The molecule has 3 heteroatoms. The summed E-state index contributed by atoms with van der Waals surface area (Å²) >= 11 is -2.17. The number of rotatable bonds is 10. The van der Waals surface area contributed by atoms with Crippen molar-refractivity contribution in [1.82, 2.24) is 0 Å². The number of ether oxygens (including phenoxy) is 2. The van der Waals surface area contributed by atoms with Crippen LogP contribution in [0.15, 0.2) is 9.67 Å². The summed E-state index contributed by atoms with van der Waals surface area (Å²) in [7, 11) is 0. The second-order valence-electron chi connectivity index (χ2n) is 7.45. The van der Waals surface area contributed by atoms with Crippen LogP contribution in [-0.2, 0) is 9.47 Å². The third-order valence-corrected chi connectivity index (χ3v) is 19.3. The van der Waals surface area contributed by atoms with Gasteiger partial charge in [0.15, 0.2) is 0 Å². The van der Waals surface area contributed by atoms with Gasteiger partial charge >= 0.3 is 143 Å². The summed E-state index contributed by atoms with van der Waals surface area (Å²) in [5, 5.41) is 0. The SMILES string of the molecule is CCC[CH2][Sn]([CH]=C1COC(C)(C)OC1)([CH2]CCC)[CH2]CCC. The zero-order valence-corrected chi connectivity index (χ0v) is 18.5. The van der Waals surface area contributed by atoms with E-state index in [0.717, 1.165) is 13.2 Å². The van der Waals surface area contributed by atoms with Crippen molar-refractivity contribution < 1.29 is 9.47 Å². The van der Waals surface area contributed by atoms with E-state index in [1.54, 1.807) is 0 Å². The van der Waals surface area contributed by atoms with E-state index < -0.39 is 24.2 Å². The Labute approximate surface area is 142 Å². The van der Waals surface area contributed by atoms with Gasteiger partial charge in [-0.05, 0) is 0 Å². The van der Waals surface area contributed by atoms with Crippen LogP contribution < -0.4 is 0 Å². The molecular weight excluding hydrogens is 379 g/mol. The van der Waals surface area contributed by atoms with Gasteiger partial charge in [-0.1, -0.05) is 0 Å². The molecule has 0 spiro atoms. The molecule has 0 amide bonds. The van der Waals surface area contributed by atoms with Crippen molar-refractivity contribution in [3.05, 3.63) is 9.67 Å². The third-order valence-electron chi connectivity index (χ3n) is 4.81. The zero-order valence-electron chi connectivity index (χ0n) is 15.7. The van der Waals surface area contributed by atoms with E-state index in [0.29, 0.717) is 0 Å². The van der Waals surface area contributed by atoms with E-state index in [2.05, 4.69) is 24.9 Å². The van der Waals surface area contributed by atoms with E-state index in [1.807, 2.05) is 13.8 Å². The molecule has 0 saturated carbocycles. The average molecular weight is 417 g/mol. The normalized spacial score (nSPS) is 18.5. The predicted molar refractivity (Wildman–Crippen MR) is 99.0 cm³/mol. The van der Waals surface area contributed by atoms with Gasteiger partial charge in [0.05, 0.1) is 0 Å². The van der Waals surface area contributed by atoms with Crippen molar-refractivity contribution in [2.24, 2.45) is 0 Å². The third kappa shape index (κ3) is 7.35. The van der Waals surface area contributed by atoms with E-state index in [9.17, 15) is 0 Å². The zero-order chi connectivity index (χ0) is 16.5. The maximum absolute atomic E-state index is 5.88. The van der Waals surface area contributed by atoms with E-state index in [-0.39, 0.29) is 0 Å². The van der Waals surface area contributed by atoms with Gasteiger partial charge in [-0.25, -0.2) is 0 Å². The Bertz CT molecular complexity index is 303. The van der Waals surface area contributed by atoms with Crippen LogP contribution in [0.4, 0.5) is 0 Å². The molecule has 0 aromatic heterocycles. The monoisotopic (exact) mass is 418 g/mol. The molecule has 0 atom stereocenters. The van der Waals surface area contributed by atoms with Crippen molar-refractivity contribution >= 4 is 18.4 Å². The molecule has 0 unspecified atom stereocenters. The predicted octanol–water partition coefficient (Wildman–Crippen LogP) is 6.08. The molecule has 1 heterocycles. The van der Waals surface area contributed by atoms with Crippen LogP contribution in [0.5, 0.6) is 0 Å². The van der Waals surface area contributed by atoms with Crippen LogP contribution in [0, 0.1) is 0 Å². The Morgan fingerprint density at radius 2 is 1.27 bits per heavy atom. The second kappa shape index (κ2) is 10.3. The maximum atomic E-state index is 5.88. The van der Waals surface area contributed by atoms with Gasteiger partial charge in [0.1, 0.15) is 0 Å². The molecular formula is C19H38O2Sn. The summed E-state index contributed by atoms with van der Waals surface area (Å²) in [5.74, 6) is -0.397. The summed E-state index contributed by atoms with van der Waals surface area (Å²) in [6.45, 7) is 12.6. The van der Waals surface area contributed by atoms with Crippen molar-refractivity contribution in [2.75, 3.05) is 13.2 Å². The van der Waals surface area contributed by atoms with Crippen molar-refractivity contribution in [1.29, 1.82) is 0 Å². The summed E-state index contributed by atoms with van der Waals surface area (Å²) in [6, 6.07) is 0. The van der Waals surface area contributed by atoms with Crippen LogP contribution in [0.2, 0.25) is 13.3 Å². The van der Waals surface area contributed by atoms with Gasteiger partial charge in [0, 0.05) is 0 Å². The fourth-order valence-electron chi connectivity index (χ4n) is 3.31. The Kier molecular flexibility index (Phi) is 9.65. The molecule has 1 aliphatic heterocycles. The molecule has 0 radical (unpaired) electrons. The summed E-state index contributed by atoms with van der Waals surface area (Å²) < 4.78 is 19.1. The summed E-state index contributed by atoms with van der Waals surface area (Å²) in [5.41, 5.74) is 1.44. The number of hydrogen-bond acceptors (Lipinski definition) is 2. The first-order valence-corrected chi connectivity index (χ1v) is 17.2. The van der Waals surface area contributed by atoms with Crippen LogP contribution >= 0.6 is 0 Å². The Hall–Kier alpha value is 0.459. The molecule has 1 aliphatic rings. The first-order valence-electron chi connectivity index (χ1n) is 9.45. The molecule has 0 aliphatic carbocycles. The van der Waals surface area contributed by atoms with Gasteiger partial charge in [-0.2, -0.15) is 0 Å². The standard InChI is InChI=1S/C7H11O2.3C4H9.Sn/c1-6-4-8-7(2,3)9-5-6;3*1-3-4-2;/h1H,4-5H2,2-3H3;3*1,3-4H2,2H3;. The molecule has 0 aromatic carbocycles. The second-order valence-corrected chi connectivity index (χ2v) is 20.3. The first kappa shape index (κ1) is 20.5. The van der Waals surface area contributed by atoms with Crippen LogP contribution in [0.1, 0.15) is 73.1 Å².